The molecule has 0 heterocycles. The van der Waals surface area contributed by atoms with Gasteiger partial charge in [-0.2, -0.15) is 0 Å². The van der Waals surface area contributed by atoms with Crippen LogP contribution in [0.5, 0.6) is 0 Å². The Labute approximate surface area is 137 Å². The molecule has 0 aromatic heterocycles. The summed E-state index contributed by atoms with van der Waals surface area (Å²) in [5.74, 6) is -1.18. The molecular formula is C19H28O4. The average Bonchev–Trinajstić information content (AvgIpc) is 2.65. The van der Waals surface area contributed by atoms with Crippen LogP contribution in [0.15, 0.2) is 11.6 Å². The van der Waals surface area contributed by atoms with Crippen LogP contribution >= 0.6 is 0 Å². The Morgan fingerprint density at radius 2 is 1.87 bits per heavy atom. The van der Waals surface area contributed by atoms with Crippen molar-refractivity contribution in [1.82, 2.24) is 0 Å². The third-order valence-electron chi connectivity index (χ3n) is 7.93. The highest BCUT2D eigenvalue weighted by molar-refractivity contribution is 5.91. The highest BCUT2D eigenvalue weighted by Crippen LogP contribution is 2.66. The van der Waals surface area contributed by atoms with Gasteiger partial charge in [0.15, 0.2) is 11.6 Å². The van der Waals surface area contributed by atoms with Gasteiger partial charge in [0.25, 0.3) is 0 Å². The second kappa shape index (κ2) is 4.68. The Hall–Kier alpha value is -0.710. The SMILES string of the molecule is C[C@]12CC[C@H]3[C@@H](CCC4=CC(=O)CC[C@@]43C)[C@@H]1C(O)(O)C[C@@H]2O. The molecule has 0 spiro atoms. The van der Waals surface area contributed by atoms with Crippen molar-refractivity contribution in [1.29, 1.82) is 0 Å². The fourth-order valence-corrected chi connectivity index (χ4v) is 6.68. The number of allylic oxidation sites excluding steroid dienone is 1. The fourth-order valence-electron chi connectivity index (χ4n) is 6.68. The summed E-state index contributed by atoms with van der Waals surface area (Å²) in [6, 6.07) is 0. The van der Waals surface area contributed by atoms with E-state index in [4.69, 9.17) is 0 Å². The first-order valence-corrected chi connectivity index (χ1v) is 9.05. The average molecular weight is 320 g/mol. The van der Waals surface area contributed by atoms with E-state index in [1.165, 1.54) is 5.57 Å². The van der Waals surface area contributed by atoms with Gasteiger partial charge in [-0.25, -0.2) is 0 Å². The predicted octanol–water partition coefficient (Wildman–Crippen LogP) is 2.17. The zero-order valence-electron chi connectivity index (χ0n) is 14.1. The molecule has 4 rings (SSSR count). The van der Waals surface area contributed by atoms with Crippen molar-refractivity contribution < 1.29 is 20.1 Å². The molecule has 4 aliphatic rings. The van der Waals surface area contributed by atoms with Crippen molar-refractivity contribution in [3.8, 4) is 0 Å². The lowest BCUT2D eigenvalue weighted by Gasteiger charge is -2.58. The Morgan fingerprint density at radius 1 is 1.13 bits per heavy atom. The lowest BCUT2D eigenvalue weighted by Crippen LogP contribution is -2.55. The second-order valence-electron chi connectivity index (χ2n) is 8.98. The molecular weight excluding hydrogens is 292 g/mol. The van der Waals surface area contributed by atoms with Crippen molar-refractivity contribution in [2.75, 3.05) is 0 Å². The molecule has 4 heteroatoms. The minimum absolute atomic E-state index is 0.0157. The van der Waals surface area contributed by atoms with Crippen molar-refractivity contribution in [3.05, 3.63) is 11.6 Å². The maximum atomic E-state index is 11.8. The molecule has 4 nitrogen and oxygen atoms in total. The van der Waals surface area contributed by atoms with Crippen LogP contribution < -0.4 is 0 Å². The molecule has 0 unspecified atom stereocenters. The molecule has 0 saturated heterocycles. The number of carbonyl (C=O) groups excluding carboxylic acids is 1. The summed E-state index contributed by atoms with van der Waals surface area (Å²) < 4.78 is 0. The number of carbonyl (C=O) groups is 1. The summed E-state index contributed by atoms with van der Waals surface area (Å²) in [6.07, 6.45) is 6.40. The van der Waals surface area contributed by atoms with Gasteiger partial charge in [-0.05, 0) is 55.4 Å². The molecule has 0 radical (unpaired) electrons. The van der Waals surface area contributed by atoms with E-state index in [1.807, 2.05) is 13.0 Å². The maximum absolute atomic E-state index is 11.8. The Morgan fingerprint density at radius 3 is 2.61 bits per heavy atom. The van der Waals surface area contributed by atoms with Crippen LogP contribution in [-0.4, -0.2) is 33.0 Å². The number of rotatable bonds is 0. The third-order valence-corrected chi connectivity index (χ3v) is 7.93. The number of hydrogen-bond donors (Lipinski definition) is 3. The van der Waals surface area contributed by atoms with Gasteiger partial charge in [-0.15, -0.1) is 0 Å². The molecule has 4 aliphatic carbocycles. The zero-order chi connectivity index (χ0) is 16.6. The Bertz CT molecular complexity index is 580. The van der Waals surface area contributed by atoms with E-state index in [2.05, 4.69) is 6.92 Å². The van der Waals surface area contributed by atoms with Gasteiger partial charge in [-0.3, -0.25) is 4.79 Å². The van der Waals surface area contributed by atoms with Gasteiger partial charge in [0.05, 0.1) is 6.10 Å². The van der Waals surface area contributed by atoms with Crippen LogP contribution in [0, 0.1) is 28.6 Å². The van der Waals surface area contributed by atoms with Crippen LogP contribution in [0.4, 0.5) is 0 Å². The van der Waals surface area contributed by atoms with E-state index >= 15 is 0 Å². The van der Waals surface area contributed by atoms with Crippen molar-refractivity contribution in [2.45, 2.75) is 70.7 Å². The first-order valence-electron chi connectivity index (χ1n) is 9.05. The summed E-state index contributed by atoms with van der Waals surface area (Å²) in [7, 11) is 0. The summed E-state index contributed by atoms with van der Waals surface area (Å²) in [5.41, 5.74) is 0.896. The van der Waals surface area contributed by atoms with Crippen molar-refractivity contribution in [3.63, 3.8) is 0 Å². The number of aliphatic hydroxyl groups is 3. The quantitative estimate of drug-likeness (QED) is 0.598. The number of ketones is 1. The Balaban J connectivity index is 1.74. The maximum Gasteiger partial charge on any atom is 0.168 e. The topological polar surface area (TPSA) is 77.8 Å². The van der Waals surface area contributed by atoms with Crippen LogP contribution in [0.1, 0.15) is 58.8 Å². The standard InChI is InChI=1S/C19H28O4/c1-17-7-5-12(20)9-11(17)3-4-13-14(17)6-8-18(2)15(21)10-19(22,23)16(13)18/h9,13-16,21-23H,3-8,10H2,1-2H3/t13-,14+,15+,16+,17+,18-/m1/s1. The molecule has 0 aromatic carbocycles. The molecule has 0 amide bonds. The van der Waals surface area contributed by atoms with E-state index in [0.717, 1.165) is 32.1 Å². The van der Waals surface area contributed by atoms with Gasteiger partial charge in [-0.1, -0.05) is 19.4 Å². The zero-order valence-corrected chi connectivity index (χ0v) is 14.1. The Kier molecular flexibility index (Phi) is 3.21. The van der Waals surface area contributed by atoms with E-state index in [9.17, 15) is 20.1 Å². The number of aliphatic hydroxyl groups excluding tert-OH is 1. The summed E-state index contributed by atoms with van der Waals surface area (Å²) in [5, 5.41) is 31.7. The van der Waals surface area contributed by atoms with Gasteiger partial charge in [0.2, 0.25) is 0 Å². The molecule has 6 atom stereocenters. The van der Waals surface area contributed by atoms with Crippen LogP contribution in [0.25, 0.3) is 0 Å². The molecule has 3 N–H and O–H groups in total. The molecule has 23 heavy (non-hydrogen) atoms. The highest BCUT2D eigenvalue weighted by atomic mass is 16.5. The molecule has 0 bridgehead atoms. The minimum atomic E-state index is -1.76. The lowest BCUT2D eigenvalue weighted by molar-refractivity contribution is -0.231. The van der Waals surface area contributed by atoms with E-state index in [0.29, 0.717) is 12.3 Å². The number of hydrogen-bond acceptors (Lipinski definition) is 4. The summed E-state index contributed by atoms with van der Waals surface area (Å²) >= 11 is 0. The normalized spacial score (nSPS) is 51.5. The lowest BCUT2D eigenvalue weighted by atomic mass is 9.47. The summed E-state index contributed by atoms with van der Waals surface area (Å²) in [4.78, 5) is 11.8. The monoisotopic (exact) mass is 320 g/mol. The third kappa shape index (κ3) is 1.98. The van der Waals surface area contributed by atoms with Crippen LogP contribution in [0.2, 0.25) is 0 Å². The highest BCUT2D eigenvalue weighted by Gasteiger charge is 2.66. The largest absolute Gasteiger partial charge is 0.392 e. The second-order valence-corrected chi connectivity index (χ2v) is 8.98. The van der Waals surface area contributed by atoms with Gasteiger partial charge in [0, 0.05) is 24.2 Å². The molecule has 0 aliphatic heterocycles. The molecule has 3 fully saturated rings. The predicted molar refractivity (Wildman–Crippen MR) is 85.3 cm³/mol. The van der Waals surface area contributed by atoms with Crippen molar-refractivity contribution in [2.24, 2.45) is 28.6 Å². The fraction of sp³-hybridized carbons (Fsp3) is 0.842. The molecule has 3 saturated carbocycles. The van der Waals surface area contributed by atoms with Crippen LogP contribution in [0.3, 0.4) is 0 Å². The van der Waals surface area contributed by atoms with Gasteiger partial charge in [0.1, 0.15) is 0 Å². The smallest absolute Gasteiger partial charge is 0.168 e. The first kappa shape index (κ1) is 15.8. The van der Waals surface area contributed by atoms with Crippen molar-refractivity contribution >= 4 is 5.78 Å². The minimum Gasteiger partial charge on any atom is -0.392 e. The van der Waals surface area contributed by atoms with Gasteiger partial charge < -0.3 is 15.3 Å². The summed E-state index contributed by atoms with van der Waals surface area (Å²) in [6.45, 7) is 4.30. The first-order chi connectivity index (χ1) is 10.7. The number of fused-ring (bicyclic) bond motifs is 5. The van der Waals surface area contributed by atoms with E-state index in [-0.39, 0.29) is 29.5 Å². The van der Waals surface area contributed by atoms with E-state index < -0.39 is 17.3 Å². The molecule has 0 aromatic rings. The van der Waals surface area contributed by atoms with Gasteiger partial charge >= 0.3 is 0 Å². The van der Waals surface area contributed by atoms with E-state index in [1.54, 1.807) is 0 Å². The van der Waals surface area contributed by atoms with Crippen LogP contribution in [-0.2, 0) is 4.79 Å². The molecule has 128 valence electrons.